The SMILES string of the molecule is CCC(CN1CCN(S(=O)(=O)c2sccc2Cl)CC1)n1cc(-c2ncnc3[nH]ccc23)cn1. The third-order valence-corrected chi connectivity index (χ3v) is 9.93. The van der Waals surface area contributed by atoms with E-state index in [2.05, 4.69) is 31.9 Å². The van der Waals surface area contributed by atoms with Crippen LogP contribution < -0.4 is 0 Å². The average molecular weight is 506 g/mol. The van der Waals surface area contributed by atoms with Crippen molar-refractivity contribution in [1.29, 1.82) is 0 Å². The highest BCUT2D eigenvalue weighted by Gasteiger charge is 2.31. The topological polar surface area (TPSA) is 100 Å². The van der Waals surface area contributed by atoms with Crippen molar-refractivity contribution in [3.8, 4) is 11.3 Å². The number of nitrogens with zero attached hydrogens (tertiary/aromatic N) is 6. The van der Waals surface area contributed by atoms with Crippen LogP contribution in [0.4, 0.5) is 0 Å². The molecule has 0 spiro atoms. The highest BCUT2D eigenvalue weighted by Crippen LogP contribution is 2.31. The molecule has 174 valence electrons. The molecule has 4 aromatic heterocycles. The Morgan fingerprint density at radius 3 is 2.76 bits per heavy atom. The monoisotopic (exact) mass is 505 g/mol. The van der Waals surface area contributed by atoms with Gasteiger partial charge in [-0.2, -0.15) is 9.40 Å². The van der Waals surface area contributed by atoms with Crippen molar-refractivity contribution in [2.45, 2.75) is 23.6 Å². The first-order valence-electron chi connectivity index (χ1n) is 10.8. The number of halogens is 1. The molecule has 0 radical (unpaired) electrons. The summed E-state index contributed by atoms with van der Waals surface area (Å²) in [6.45, 7) is 5.17. The van der Waals surface area contributed by atoms with Crippen LogP contribution in [0.3, 0.4) is 0 Å². The van der Waals surface area contributed by atoms with Crippen molar-refractivity contribution in [2.24, 2.45) is 0 Å². The molecule has 1 aliphatic rings. The number of aromatic amines is 1. The maximum atomic E-state index is 12.9. The van der Waals surface area contributed by atoms with Crippen LogP contribution in [0.5, 0.6) is 0 Å². The minimum atomic E-state index is -3.54. The first-order chi connectivity index (χ1) is 16.0. The number of piperazine rings is 1. The molecule has 1 fully saturated rings. The van der Waals surface area contributed by atoms with E-state index < -0.39 is 10.0 Å². The van der Waals surface area contributed by atoms with Gasteiger partial charge in [-0.3, -0.25) is 9.58 Å². The molecule has 5 rings (SSSR count). The van der Waals surface area contributed by atoms with Crippen LogP contribution >= 0.6 is 22.9 Å². The number of rotatable bonds is 7. The van der Waals surface area contributed by atoms with E-state index in [1.807, 2.05) is 29.3 Å². The standard InChI is InChI=1S/C21H24ClN7O2S2/c1-2-16(29-12-15(11-26-29)19-17-3-5-23-20(17)25-14-24-19)13-27-6-8-28(9-7-27)33(30,31)21-18(22)4-10-32-21/h3-5,10-12,14,16H,2,6-9,13H2,1H3,(H,23,24,25). The van der Waals surface area contributed by atoms with Crippen LogP contribution in [-0.2, 0) is 10.0 Å². The van der Waals surface area contributed by atoms with E-state index in [-0.39, 0.29) is 10.3 Å². The van der Waals surface area contributed by atoms with Crippen molar-refractivity contribution in [2.75, 3.05) is 32.7 Å². The zero-order chi connectivity index (χ0) is 23.0. The first kappa shape index (κ1) is 22.5. The summed E-state index contributed by atoms with van der Waals surface area (Å²) in [6, 6.07) is 3.77. The van der Waals surface area contributed by atoms with Gasteiger partial charge >= 0.3 is 0 Å². The summed E-state index contributed by atoms with van der Waals surface area (Å²) in [5.74, 6) is 0. The molecule has 1 atom stereocenters. The van der Waals surface area contributed by atoms with Gasteiger partial charge in [-0.05, 0) is 23.9 Å². The van der Waals surface area contributed by atoms with Crippen LogP contribution in [0, 0.1) is 0 Å². The van der Waals surface area contributed by atoms with E-state index in [0.717, 1.165) is 35.3 Å². The van der Waals surface area contributed by atoms with Crippen molar-refractivity contribution >= 4 is 44.0 Å². The molecule has 0 aromatic carbocycles. The summed E-state index contributed by atoms with van der Waals surface area (Å²) in [4.78, 5) is 14.1. The summed E-state index contributed by atoms with van der Waals surface area (Å²) in [7, 11) is -3.54. The highest BCUT2D eigenvalue weighted by molar-refractivity contribution is 7.91. The zero-order valence-electron chi connectivity index (χ0n) is 18.1. The normalized spacial score (nSPS) is 17.0. The zero-order valence-corrected chi connectivity index (χ0v) is 20.4. The van der Waals surface area contributed by atoms with E-state index in [4.69, 9.17) is 11.6 Å². The van der Waals surface area contributed by atoms with Crippen LogP contribution in [-0.4, -0.2) is 75.1 Å². The Hall–Kier alpha value is -2.31. The number of thiophene rings is 1. The van der Waals surface area contributed by atoms with E-state index >= 15 is 0 Å². The highest BCUT2D eigenvalue weighted by atomic mass is 35.5. The van der Waals surface area contributed by atoms with Gasteiger partial charge < -0.3 is 4.98 Å². The summed E-state index contributed by atoms with van der Waals surface area (Å²) in [5.41, 5.74) is 2.61. The Balaban J connectivity index is 1.26. The van der Waals surface area contributed by atoms with Crippen LogP contribution in [0.2, 0.25) is 5.02 Å². The quantitative estimate of drug-likeness (QED) is 0.412. The van der Waals surface area contributed by atoms with Crippen molar-refractivity contribution in [1.82, 2.24) is 33.9 Å². The second kappa shape index (κ2) is 9.15. The third kappa shape index (κ3) is 4.31. The molecule has 1 aliphatic heterocycles. The van der Waals surface area contributed by atoms with Gasteiger partial charge in [-0.25, -0.2) is 18.4 Å². The number of sulfonamides is 1. The lowest BCUT2D eigenvalue weighted by Gasteiger charge is -2.35. The Morgan fingerprint density at radius 2 is 2.03 bits per heavy atom. The fourth-order valence-electron chi connectivity index (χ4n) is 4.19. The molecule has 0 aliphatic carbocycles. The van der Waals surface area contributed by atoms with Gasteiger partial charge in [0.05, 0.1) is 23.0 Å². The fourth-order valence-corrected chi connectivity index (χ4v) is 7.43. The van der Waals surface area contributed by atoms with Gasteiger partial charge in [0.2, 0.25) is 0 Å². The largest absolute Gasteiger partial charge is 0.346 e. The van der Waals surface area contributed by atoms with Crippen molar-refractivity contribution in [3.05, 3.63) is 47.5 Å². The lowest BCUT2D eigenvalue weighted by Crippen LogP contribution is -2.49. The number of aromatic nitrogens is 5. The molecule has 12 heteroatoms. The number of hydrogen-bond acceptors (Lipinski definition) is 7. The number of nitrogens with one attached hydrogen (secondary N) is 1. The molecule has 1 unspecified atom stereocenters. The molecule has 5 heterocycles. The molecule has 1 saturated heterocycles. The van der Waals surface area contributed by atoms with E-state index in [9.17, 15) is 8.42 Å². The molecular formula is C21H24ClN7O2S2. The summed E-state index contributed by atoms with van der Waals surface area (Å²) < 4.78 is 29.5. The number of hydrogen-bond donors (Lipinski definition) is 1. The van der Waals surface area contributed by atoms with Gasteiger partial charge in [0.1, 0.15) is 12.0 Å². The van der Waals surface area contributed by atoms with Gasteiger partial charge in [0.25, 0.3) is 10.0 Å². The number of fused-ring (bicyclic) bond motifs is 1. The third-order valence-electron chi connectivity index (χ3n) is 6.03. The Bertz CT molecular complexity index is 1360. The molecule has 0 bridgehead atoms. The van der Waals surface area contributed by atoms with Gasteiger partial charge in [-0.15, -0.1) is 11.3 Å². The molecule has 1 N–H and O–H groups in total. The Morgan fingerprint density at radius 1 is 1.21 bits per heavy atom. The predicted molar refractivity (Wildman–Crippen MR) is 129 cm³/mol. The number of H-pyrrole nitrogens is 1. The van der Waals surface area contributed by atoms with E-state index in [1.165, 1.54) is 15.6 Å². The second-order valence-electron chi connectivity index (χ2n) is 7.99. The molecule has 0 amide bonds. The lowest BCUT2D eigenvalue weighted by molar-refractivity contribution is 0.160. The van der Waals surface area contributed by atoms with Gasteiger partial charge in [0, 0.05) is 56.1 Å². The minimum absolute atomic E-state index is 0.178. The predicted octanol–water partition coefficient (Wildman–Crippen LogP) is 3.49. The van der Waals surface area contributed by atoms with Crippen LogP contribution in [0.25, 0.3) is 22.3 Å². The van der Waals surface area contributed by atoms with Crippen molar-refractivity contribution < 1.29 is 8.42 Å². The maximum Gasteiger partial charge on any atom is 0.254 e. The second-order valence-corrected chi connectivity index (χ2v) is 11.5. The van der Waals surface area contributed by atoms with E-state index in [0.29, 0.717) is 31.2 Å². The van der Waals surface area contributed by atoms with Crippen LogP contribution in [0.15, 0.2) is 46.6 Å². The van der Waals surface area contributed by atoms with Gasteiger partial charge in [-0.1, -0.05) is 18.5 Å². The lowest BCUT2D eigenvalue weighted by atomic mass is 10.1. The molecule has 33 heavy (non-hydrogen) atoms. The Kier molecular flexibility index (Phi) is 6.23. The Labute approximate surface area is 201 Å². The van der Waals surface area contributed by atoms with Crippen molar-refractivity contribution in [3.63, 3.8) is 0 Å². The molecule has 9 nitrogen and oxygen atoms in total. The smallest absolute Gasteiger partial charge is 0.254 e. The summed E-state index contributed by atoms with van der Waals surface area (Å²) in [6.07, 6.45) is 8.19. The molecule has 4 aromatic rings. The fraction of sp³-hybridized carbons (Fsp3) is 0.381. The summed E-state index contributed by atoms with van der Waals surface area (Å²) in [5, 5.41) is 7.59. The van der Waals surface area contributed by atoms with E-state index in [1.54, 1.807) is 17.8 Å². The van der Waals surface area contributed by atoms with Crippen LogP contribution in [0.1, 0.15) is 19.4 Å². The van der Waals surface area contributed by atoms with Gasteiger partial charge in [0.15, 0.2) is 4.21 Å². The summed E-state index contributed by atoms with van der Waals surface area (Å²) >= 11 is 7.24. The average Bonchev–Trinajstić information content (AvgIpc) is 3.58. The first-order valence-corrected chi connectivity index (χ1v) is 13.4. The molecular weight excluding hydrogens is 482 g/mol. The maximum absolute atomic E-state index is 12.9. The molecule has 0 saturated carbocycles. The minimum Gasteiger partial charge on any atom is -0.346 e.